The monoisotopic (exact) mass is 250 g/mol. The lowest BCUT2D eigenvalue weighted by Crippen LogP contribution is -2.36. The van der Waals surface area contributed by atoms with Crippen molar-refractivity contribution in [2.45, 2.75) is 32.3 Å². The van der Waals surface area contributed by atoms with E-state index in [1.165, 1.54) is 12.8 Å². The van der Waals surface area contributed by atoms with Crippen molar-refractivity contribution >= 4 is 11.6 Å². The van der Waals surface area contributed by atoms with E-state index in [2.05, 4.69) is 15.3 Å². The smallest absolute Gasteiger partial charge is 0.133 e. The highest BCUT2D eigenvalue weighted by Crippen LogP contribution is 2.28. The molecule has 1 fully saturated rings. The van der Waals surface area contributed by atoms with E-state index < -0.39 is 5.60 Å². The summed E-state index contributed by atoms with van der Waals surface area (Å²) in [6.07, 6.45) is 4.21. The van der Waals surface area contributed by atoms with Gasteiger partial charge in [-0.25, -0.2) is 9.97 Å². The normalized spacial score (nSPS) is 15.6. The molecule has 0 spiro atoms. The fraction of sp³-hybridized carbons (Fsp3) is 0.692. The van der Waals surface area contributed by atoms with Gasteiger partial charge >= 0.3 is 0 Å². The maximum absolute atomic E-state index is 9.80. The lowest BCUT2D eigenvalue weighted by atomic mass is 10.1. The van der Waals surface area contributed by atoms with Crippen molar-refractivity contribution in [1.29, 1.82) is 0 Å². The maximum Gasteiger partial charge on any atom is 0.133 e. The van der Waals surface area contributed by atoms with Crippen molar-refractivity contribution in [2.75, 3.05) is 30.4 Å². The van der Waals surface area contributed by atoms with Gasteiger partial charge in [-0.2, -0.15) is 0 Å². The van der Waals surface area contributed by atoms with Crippen LogP contribution in [0, 0.1) is 5.92 Å². The van der Waals surface area contributed by atoms with Crippen LogP contribution in [-0.2, 0) is 0 Å². The summed E-state index contributed by atoms with van der Waals surface area (Å²) in [5, 5.41) is 13.1. The molecule has 1 aliphatic carbocycles. The first-order chi connectivity index (χ1) is 8.44. The summed E-state index contributed by atoms with van der Waals surface area (Å²) in [5.41, 5.74) is -0.735. The van der Waals surface area contributed by atoms with Gasteiger partial charge in [0.05, 0.1) is 5.60 Å². The first-order valence-corrected chi connectivity index (χ1v) is 6.43. The molecule has 1 aromatic heterocycles. The summed E-state index contributed by atoms with van der Waals surface area (Å²) < 4.78 is 0. The zero-order chi connectivity index (χ0) is 13.2. The number of rotatable bonds is 6. The summed E-state index contributed by atoms with van der Waals surface area (Å²) in [7, 11) is 1.92. The van der Waals surface area contributed by atoms with Crippen molar-refractivity contribution in [1.82, 2.24) is 9.97 Å². The van der Waals surface area contributed by atoms with Crippen molar-refractivity contribution in [2.24, 2.45) is 5.92 Å². The molecule has 100 valence electrons. The van der Waals surface area contributed by atoms with Crippen molar-refractivity contribution in [3.63, 3.8) is 0 Å². The highest BCUT2D eigenvalue weighted by molar-refractivity contribution is 5.48. The standard InChI is InChI=1S/C13H22N4O/c1-13(2,18)8-17(3)12-6-11(15-9-16-12)14-7-10-4-5-10/h6,9-10,18H,4-5,7-8H2,1-3H3,(H,14,15,16). The largest absolute Gasteiger partial charge is 0.389 e. The van der Waals surface area contributed by atoms with Crippen molar-refractivity contribution in [3.05, 3.63) is 12.4 Å². The number of aromatic nitrogens is 2. The van der Waals surface area contributed by atoms with Crippen molar-refractivity contribution in [3.8, 4) is 0 Å². The van der Waals surface area contributed by atoms with Gasteiger partial charge in [-0.05, 0) is 32.6 Å². The molecule has 1 aliphatic rings. The van der Waals surface area contributed by atoms with Crippen LogP contribution in [0.5, 0.6) is 0 Å². The van der Waals surface area contributed by atoms with E-state index in [-0.39, 0.29) is 0 Å². The average Bonchev–Trinajstić information content (AvgIpc) is 3.08. The van der Waals surface area contributed by atoms with E-state index in [4.69, 9.17) is 0 Å². The third-order valence-corrected chi connectivity index (χ3v) is 2.94. The molecular weight excluding hydrogens is 228 g/mol. The van der Waals surface area contributed by atoms with Crippen LogP contribution in [0.25, 0.3) is 0 Å². The third kappa shape index (κ3) is 4.14. The Hall–Kier alpha value is -1.36. The third-order valence-electron chi connectivity index (χ3n) is 2.94. The molecule has 0 atom stereocenters. The molecule has 0 saturated heterocycles. The Balaban J connectivity index is 1.96. The molecule has 0 aliphatic heterocycles. The molecule has 2 rings (SSSR count). The molecule has 0 radical (unpaired) electrons. The Labute approximate surface area is 108 Å². The van der Waals surface area contributed by atoms with Crippen LogP contribution < -0.4 is 10.2 Å². The fourth-order valence-electron chi connectivity index (χ4n) is 1.88. The number of nitrogens with zero attached hydrogens (tertiary/aromatic N) is 3. The van der Waals surface area contributed by atoms with Crippen LogP contribution in [0.4, 0.5) is 11.6 Å². The highest BCUT2D eigenvalue weighted by atomic mass is 16.3. The number of nitrogens with one attached hydrogen (secondary N) is 1. The van der Waals surface area contributed by atoms with Gasteiger partial charge in [-0.3, -0.25) is 0 Å². The van der Waals surface area contributed by atoms with Gasteiger partial charge in [-0.1, -0.05) is 0 Å². The first-order valence-electron chi connectivity index (χ1n) is 6.43. The van der Waals surface area contributed by atoms with E-state index in [1.54, 1.807) is 20.2 Å². The van der Waals surface area contributed by atoms with E-state index in [0.717, 1.165) is 24.1 Å². The molecule has 1 aromatic rings. The van der Waals surface area contributed by atoms with E-state index >= 15 is 0 Å². The zero-order valence-corrected chi connectivity index (χ0v) is 11.3. The van der Waals surface area contributed by atoms with Gasteiger partial charge in [0.2, 0.25) is 0 Å². The summed E-state index contributed by atoms with van der Waals surface area (Å²) in [6, 6.07) is 1.92. The quantitative estimate of drug-likeness (QED) is 0.801. The summed E-state index contributed by atoms with van der Waals surface area (Å²) in [4.78, 5) is 10.4. The minimum Gasteiger partial charge on any atom is -0.389 e. The second-order valence-electron chi connectivity index (χ2n) is 5.75. The Morgan fingerprint density at radius 1 is 1.44 bits per heavy atom. The van der Waals surface area contributed by atoms with Gasteiger partial charge < -0.3 is 15.3 Å². The molecule has 0 amide bonds. The molecule has 0 bridgehead atoms. The molecule has 5 nitrogen and oxygen atoms in total. The zero-order valence-electron chi connectivity index (χ0n) is 11.3. The lowest BCUT2D eigenvalue weighted by molar-refractivity contribution is 0.0884. The molecule has 5 heteroatoms. The average molecular weight is 250 g/mol. The Bertz CT molecular complexity index is 398. The molecule has 0 aromatic carbocycles. The Morgan fingerprint density at radius 2 is 2.17 bits per heavy atom. The first kappa shape index (κ1) is 13.1. The second kappa shape index (κ2) is 5.10. The van der Waals surface area contributed by atoms with E-state index in [0.29, 0.717) is 6.54 Å². The minimum atomic E-state index is -0.735. The topological polar surface area (TPSA) is 61.3 Å². The number of hydrogen-bond donors (Lipinski definition) is 2. The predicted molar refractivity (Wildman–Crippen MR) is 72.8 cm³/mol. The minimum absolute atomic E-state index is 0.534. The molecule has 18 heavy (non-hydrogen) atoms. The molecular formula is C13H22N4O. The molecule has 1 saturated carbocycles. The molecule has 0 unspecified atom stereocenters. The van der Waals surface area contributed by atoms with Gasteiger partial charge in [0, 0.05) is 26.2 Å². The van der Waals surface area contributed by atoms with Gasteiger partial charge in [-0.15, -0.1) is 0 Å². The van der Waals surface area contributed by atoms with Crippen LogP contribution >= 0.6 is 0 Å². The molecule has 1 heterocycles. The second-order valence-corrected chi connectivity index (χ2v) is 5.75. The van der Waals surface area contributed by atoms with Crippen LogP contribution in [0.3, 0.4) is 0 Å². The fourth-order valence-corrected chi connectivity index (χ4v) is 1.88. The van der Waals surface area contributed by atoms with Crippen molar-refractivity contribution < 1.29 is 5.11 Å². The van der Waals surface area contributed by atoms with Gasteiger partial charge in [0.1, 0.15) is 18.0 Å². The van der Waals surface area contributed by atoms with Gasteiger partial charge in [0.25, 0.3) is 0 Å². The Morgan fingerprint density at radius 3 is 2.78 bits per heavy atom. The number of likely N-dealkylation sites (N-methyl/N-ethyl adjacent to an activating group) is 1. The highest BCUT2D eigenvalue weighted by Gasteiger charge is 2.21. The van der Waals surface area contributed by atoms with Crippen LogP contribution in [0.2, 0.25) is 0 Å². The van der Waals surface area contributed by atoms with E-state index in [1.807, 2.05) is 18.0 Å². The SMILES string of the molecule is CN(CC(C)(C)O)c1cc(NCC2CC2)ncn1. The summed E-state index contributed by atoms with van der Waals surface area (Å²) in [5.74, 6) is 2.50. The Kier molecular flexibility index (Phi) is 3.71. The van der Waals surface area contributed by atoms with E-state index in [9.17, 15) is 5.11 Å². The number of anilines is 2. The molecule has 2 N–H and O–H groups in total. The van der Waals surface area contributed by atoms with Crippen LogP contribution in [0.15, 0.2) is 12.4 Å². The summed E-state index contributed by atoms with van der Waals surface area (Å²) >= 11 is 0. The summed E-state index contributed by atoms with van der Waals surface area (Å²) in [6.45, 7) is 5.10. The lowest BCUT2D eigenvalue weighted by Gasteiger charge is -2.26. The predicted octanol–water partition coefficient (Wildman–Crippen LogP) is 1.51. The number of aliphatic hydroxyl groups is 1. The maximum atomic E-state index is 9.80. The van der Waals surface area contributed by atoms with Crippen LogP contribution in [-0.4, -0.2) is 40.8 Å². The van der Waals surface area contributed by atoms with Gasteiger partial charge in [0.15, 0.2) is 0 Å². The number of hydrogen-bond acceptors (Lipinski definition) is 5. The van der Waals surface area contributed by atoms with Crippen LogP contribution in [0.1, 0.15) is 26.7 Å².